The van der Waals surface area contributed by atoms with Crippen molar-refractivity contribution in [1.29, 1.82) is 0 Å². The van der Waals surface area contributed by atoms with Gasteiger partial charge in [0.2, 0.25) is 0 Å². The largest absolute Gasteiger partial charge is 0.409 e. The molecular weight excluding hydrogens is 192 g/mol. The van der Waals surface area contributed by atoms with Crippen LogP contribution in [0.5, 0.6) is 0 Å². The van der Waals surface area contributed by atoms with Crippen LogP contribution in [0.25, 0.3) is 0 Å². The zero-order chi connectivity index (χ0) is 11.1. The molecule has 0 amide bonds. The van der Waals surface area contributed by atoms with E-state index in [9.17, 15) is 0 Å². The van der Waals surface area contributed by atoms with E-state index in [1.165, 1.54) is 0 Å². The molecule has 0 saturated carbocycles. The molecule has 0 aliphatic carbocycles. The Balaban J connectivity index is 2.48. The SMILES string of the molecule is CCC(NCc1cccnc1)C(N)=NO. The number of nitrogens with two attached hydrogens (primary N) is 1. The van der Waals surface area contributed by atoms with E-state index in [-0.39, 0.29) is 11.9 Å². The molecule has 0 aliphatic rings. The Bertz CT molecular complexity index is 312. The minimum absolute atomic E-state index is 0.102. The zero-order valence-corrected chi connectivity index (χ0v) is 8.72. The van der Waals surface area contributed by atoms with Gasteiger partial charge in [-0.1, -0.05) is 18.1 Å². The maximum Gasteiger partial charge on any atom is 0.156 e. The van der Waals surface area contributed by atoms with E-state index in [0.717, 1.165) is 12.0 Å². The monoisotopic (exact) mass is 208 g/mol. The van der Waals surface area contributed by atoms with Gasteiger partial charge in [-0.3, -0.25) is 4.98 Å². The van der Waals surface area contributed by atoms with Crippen molar-refractivity contribution in [1.82, 2.24) is 10.3 Å². The molecule has 1 heterocycles. The highest BCUT2D eigenvalue weighted by Gasteiger charge is 2.10. The molecule has 0 aliphatic heterocycles. The quantitative estimate of drug-likeness (QED) is 0.288. The fourth-order valence-electron chi connectivity index (χ4n) is 1.27. The molecule has 1 atom stereocenters. The molecule has 15 heavy (non-hydrogen) atoms. The third-order valence-electron chi connectivity index (χ3n) is 2.16. The van der Waals surface area contributed by atoms with Gasteiger partial charge in [0, 0.05) is 18.9 Å². The second-order valence-corrected chi connectivity index (χ2v) is 3.23. The van der Waals surface area contributed by atoms with Crippen LogP contribution in [0.4, 0.5) is 0 Å². The van der Waals surface area contributed by atoms with Gasteiger partial charge >= 0.3 is 0 Å². The van der Waals surface area contributed by atoms with E-state index in [0.29, 0.717) is 6.54 Å². The number of aromatic nitrogens is 1. The minimum atomic E-state index is -0.102. The molecule has 5 heteroatoms. The summed E-state index contributed by atoms with van der Waals surface area (Å²) >= 11 is 0. The summed E-state index contributed by atoms with van der Waals surface area (Å²) in [6, 6.07) is 3.75. The molecule has 0 saturated heterocycles. The second-order valence-electron chi connectivity index (χ2n) is 3.23. The molecule has 1 aromatic heterocycles. The van der Waals surface area contributed by atoms with Gasteiger partial charge in [0.15, 0.2) is 5.84 Å². The maximum absolute atomic E-state index is 8.54. The van der Waals surface area contributed by atoms with Gasteiger partial charge in [0.05, 0.1) is 6.04 Å². The van der Waals surface area contributed by atoms with Crippen LogP contribution < -0.4 is 11.1 Å². The zero-order valence-electron chi connectivity index (χ0n) is 8.72. The van der Waals surface area contributed by atoms with Crippen LogP contribution in [0.1, 0.15) is 18.9 Å². The number of rotatable bonds is 5. The second kappa shape index (κ2) is 5.98. The number of nitrogens with zero attached hydrogens (tertiary/aromatic N) is 2. The van der Waals surface area contributed by atoms with Crippen molar-refractivity contribution in [2.75, 3.05) is 0 Å². The number of nitrogens with one attached hydrogen (secondary N) is 1. The summed E-state index contributed by atoms with van der Waals surface area (Å²) < 4.78 is 0. The molecule has 82 valence electrons. The smallest absolute Gasteiger partial charge is 0.156 e. The van der Waals surface area contributed by atoms with Gasteiger partial charge in [-0.15, -0.1) is 0 Å². The van der Waals surface area contributed by atoms with Crippen LogP contribution in [-0.4, -0.2) is 22.1 Å². The van der Waals surface area contributed by atoms with Gasteiger partial charge in [0.25, 0.3) is 0 Å². The van der Waals surface area contributed by atoms with Gasteiger partial charge in [-0.25, -0.2) is 0 Å². The van der Waals surface area contributed by atoms with Gasteiger partial charge < -0.3 is 16.3 Å². The maximum atomic E-state index is 8.54. The Kier molecular flexibility index (Phi) is 4.56. The lowest BCUT2D eigenvalue weighted by Gasteiger charge is -2.14. The van der Waals surface area contributed by atoms with Crippen LogP contribution in [0.3, 0.4) is 0 Å². The first-order valence-corrected chi connectivity index (χ1v) is 4.87. The third-order valence-corrected chi connectivity index (χ3v) is 2.16. The van der Waals surface area contributed by atoms with Crippen molar-refractivity contribution in [3.63, 3.8) is 0 Å². The summed E-state index contributed by atoms with van der Waals surface area (Å²) in [5.41, 5.74) is 6.58. The fraction of sp³-hybridized carbons (Fsp3) is 0.400. The predicted octanol–water partition coefficient (Wildman–Crippen LogP) is 0.696. The van der Waals surface area contributed by atoms with Gasteiger partial charge in [-0.05, 0) is 18.1 Å². The summed E-state index contributed by atoms with van der Waals surface area (Å²) in [6.07, 6.45) is 4.28. The summed E-state index contributed by atoms with van der Waals surface area (Å²) in [5.74, 6) is 0.210. The molecule has 1 aromatic rings. The number of hydrogen-bond donors (Lipinski definition) is 3. The first-order chi connectivity index (χ1) is 7.27. The Morgan fingerprint density at radius 1 is 1.73 bits per heavy atom. The molecule has 0 fully saturated rings. The Morgan fingerprint density at radius 3 is 3.07 bits per heavy atom. The molecule has 1 rings (SSSR count). The van der Waals surface area contributed by atoms with Crippen LogP contribution in [0.15, 0.2) is 29.7 Å². The van der Waals surface area contributed by atoms with E-state index in [1.807, 2.05) is 19.1 Å². The summed E-state index contributed by atoms with van der Waals surface area (Å²) in [7, 11) is 0. The lowest BCUT2D eigenvalue weighted by molar-refractivity contribution is 0.314. The fourth-order valence-corrected chi connectivity index (χ4v) is 1.27. The summed E-state index contributed by atoms with van der Waals surface area (Å²) in [6.45, 7) is 2.63. The number of pyridine rings is 1. The summed E-state index contributed by atoms with van der Waals surface area (Å²) in [5, 5.41) is 14.7. The van der Waals surface area contributed by atoms with Crippen molar-refractivity contribution in [2.45, 2.75) is 25.9 Å². The molecule has 0 radical (unpaired) electrons. The first kappa shape index (κ1) is 11.5. The number of hydrogen-bond acceptors (Lipinski definition) is 4. The van der Waals surface area contributed by atoms with Crippen molar-refractivity contribution in [2.24, 2.45) is 10.9 Å². The first-order valence-electron chi connectivity index (χ1n) is 4.87. The standard InChI is InChI=1S/C10H16N4O/c1-2-9(10(11)14-15)13-7-8-4-3-5-12-6-8/h3-6,9,13,15H,2,7H2,1H3,(H2,11,14). The highest BCUT2D eigenvalue weighted by atomic mass is 16.4. The minimum Gasteiger partial charge on any atom is -0.409 e. The molecule has 4 N–H and O–H groups in total. The highest BCUT2D eigenvalue weighted by Crippen LogP contribution is 1.98. The van der Waals surface area contributed by atoms with Crippen LogP contribution >= 0.6 is 0 Å². The number of oxime groups is 1. The van der Waals surface area contributed by atoms with E-state index in [1.54, 1.807) is 12.4 Å². The third kappa shape index (κ3) is 3.55. The summed E-state index contributed by atoms with van der Waals surface area (Å²) in [4.78, 5) is 4.00. The lowest BCUT2D eigenvalue weighted by atomic mass is 10.2. The molecule has 1 unspecified atom stereocenters. The molecule has 5 nitrogen and oxygen atoms in total. The van der Waals surface area contributed by atoms with Crippen molar-refractivity contribution >= 4 is 5.84 Å². The molecule has 0 aromatic carbocycles. The van der Waals surface area contributed by atoms with Crippen LogP contribution in [0.2, 0.25) is 0 Å². The van der Waals surface area contributed by atoms with E-state index >= 15 is 0 Å². The number of amidine groups is 1. The topological polar surface area (TPSA) is 83.5 Å². The van der Waals surface area contributed by atoms with E-state index in [2.05, 4.69) is 15.5 Å². The van der Waals surface area contributed by atoms with Crippen molar-refractivity contribution in [3.8, 4) is 0 Å². The Morgan fingerprint density at radius 2 is 2.53 bits per heavy atom. The van der Waals surface area contributed by atoms with Crippen molar-refractivity contribution < 1.29 is 5.21 Å². The lowest BCUT2D eigenvalue weighted by Crippen LogP contribution is -2.40. The average molecular weight is 208 g/mol. The molecular formula is C10H16N4O. The predicted molar refractivity (Wildman–Crippen MR) is 58.6 cm³/mol. The van der Waals surface area contributed by atoms with Crippen LogP contribution in [0, 0.1) is 0 Å². The Hall–Kier alpha value is -1.62. The van der Waals surface area contributed by atoms with E-state index < -0.39 is 0 Å². The molecule has 0 spiro atoms. The normalized spacial score (nSPS) is 13.8. The highest BCUT2D eigenvalue weighted by molar-refractivity contribution is 5.85. The van der Waals surface area contributed by atoms with Gasteiger partial charge in [0.1, 0.15) is 0 Å². The van der Waals surface area contributed by atoms with E-state index in [4.69, 9.17) is 10.9 Å². The van der Waals surface area contributed by atoms with Gasteiger partial charge in [-0.2, -0.15) is 0 Å². The average Bonchev–Trinajstić information content (AvgIpc) is 2.31. The van der Waals surface area contributed by atoms with Crippen molar-refractivity contribution in [3.05, 3.63) is 30.1 Å². The van der Waals surface area contributed by atoms with Crippen LogP contribution in [-0.2, 0) is 6.54 Å². The Labute approximate surface area is 89.0 Å². The molecule has 0 bridgehead atoms.